The minimum absolute atomic E-state index is 0.0307. The van der Waals surface area contributed by atoms with Crippen LogP contribution in [-0.2, 0) is 11.8 Å². The molecule has 4 bridgehead atoms. The Bertz CT molecular complexity index is 1380. The quantitative estimate of drug-likeness (QED) is 0.303. The molecule has 0 radical (unpaired) electrons. The minimum atomic E-state index is 0.0307. The number of aldehydes is 1. The lowest BCUT2D eigenvalue weighted by Gasteiger charge is -2.57. The smallest absolute Gasteiger partial charge is 0.148 e. The molecule has 0 aliphatic heterocycles. The summed E-state index contributed by atoms with van der Waals surface area (Å²) in [5, 5.41) is 16.9. The normalized spacial score (nSPS) is 25.8. The van der Waals surface area contributed by atoms with Crippen LogP contribution in [0.2, 0.25) is 0 Å². The molecule has 4 N–H and O–H groups in total. The Hall–Kier alpha value is -4.12. The SMILES string of the molecule is Cn1c(-c2ccc(Nc3cc(N)c(C#N)c(NC45CC6CC(CC(C6)C4)C5)n3)cc2)cnc1/C=C/C=O. The molecule has 8 heteroatoms. The molecule has 4 aliphatic carbocycles. The van der Waals surface area contributed by atoms with Gasteiger partial charge in [-0.2, -0.15) is 5.26 Å². The average Bonchev–Trinajstić information content (AvgIpc) is 3.22. The number of hydrogen-bond acceptors (Lipinski definition) is 7. The fourth-order valence-corrected chi connectivity index (χ4v) is 7.20. The highest BCUT2D eigenvalue weighted by molar-refractivity contribution is 5.75. The van der Waals surface area contributed by atoms with Gasteiger partial charge >= 0.3 is 0 Å². The molecule has 0 atom stereocenters. The van der Waals surface area contributed by atoms with E-state index in [9.17, 15) is 10.1 Å². The number of carbonyl (C=O) groups is 1. The van der Waals surface area contributed by atoms with Crippen molar-refractivity contribution in [1.29, 1.82) is 5.26 Å². The van der Waals surface area contributed by atoms with Crippen molar-refractivity contribution in [2.45, 2.75) is 44.1 Å². The van der Waals surface area contributed by atoms with Gasteiger partial charge in [0.15, 0.2) is 0 Å². The molecule has 4 saturated carbocycles. The van der Waals surface area contributed by atoms with Gasteiger partial charge in [0, 0.05) is 24.3 Å². The highest BCUT2D eigenvalue weighted by Gasteiger charge is 2.51. The standard InChI is InChI=1S/C29H31N7O/c1-36-25(17-32-27(36)3-2-8-37)21-4-6-22(7-5-21)33-26-12-24(31)23(16-30)28(34-26)35-29-13-18-9-19(14-29)11-20(10-18)15-29/h2-8,12,17-20H,9-11,13-15H2,1H3,(H4,31,33,34,35)/b3-2+. The molecule has 188 valence electrons. The third-order valence-corrected chi connectivity index (χ3v) is 8.38. The first kappa shape index (κ1) is 23.3. The number of carbonyl (C=O) groups excluding carboxylic acids is 1. The second-order valence-electron chi connectivity index (χ2n) is 11.0. The predicted molar refractivity (Wildman–Crippen MR) is 145 cm³/mol. The van der Waals surface area contributed by atoms with Crippen LogP contribution in [0.4, 0.5) is 23.0 Å². The molecule has 37 heavy (non-hydrogen) atoms. The van der Waals surface area contributed by atoms with Crippen LogP contribution in [0.15, 0.2) is 42.6 Å². The lowest BCUT2D eigenvalue weighted by atomic mass is 9.53. The van der Waals surface area contributed by atoms with Gasteiger partial charge in [-0.25, -0.2) is 9.97 Å². The lowest BCUT2D eigenvalue weighted by molar-refractivity contribution is -0.104. The zero-order valence-electron chi connectivity index (χ0n) is 20.9. The molecule has 0 saturated heterocycles. The number of benzene rings is 1. The number of allylic oxidation sites excluding steroid dienone is 1. The number of nitrogens with one attached hydrogen (secondary N) is 2. The summed E-state index contributed by atoms with van der Waals surface area (Å²) in [5.74, 6) is 4.28. The Morgan fingerprint density at radius 3 is 2.43 bits per heavy atom. The lowest BCUT2D eigenvalue weighted by Crippen LogP contribution is -2.55. The molecule has 8 nitrogen and oxygen atoms in total. The van der Waals surface area contributed by atoms with Crippen molar-refractivity contribution in [3.63, 3.8) is 0 Å². The number of nitrogen functional groups attached to an aromatic ring is 1. The van der Waals surface area contributed by atoms with Gasteiger partial charge in [0.05, 0.1) is 17.6 Å². The monoisotopic (exact) mass is 493 g/mol. The highest BCUT2D eigenvalue weighted by atomic mass is 16.1. The van der Waals surface area contributed by atoms with E-state index in [1.807, 2.05) is 35.9 Å². The maximum atomic E-state index is 10.6. The van der Waals surface area contributed by atoms with Gasteiger partial charge in [-0.05, 0) is 86.1 Å². The second kappa shape index (κ2) is 9.07. The molecule has 7 rings (SSSR count). The summed E-state index contributed by atoms with van der Waals surface area (Å²) in [4.78, 5) is 19.8. The van der Waals surface area contributed by atoms with E-state index in [4.69, 9.17) is 10.7 Å². The number of nitrogens with two attached hydrogens (primary N) is 1. The first-order chi connectivity index (χ1) is 17.9. The maximum Gasteiger partial charge on any atom is 0.148 e. The molecule has 4 aliphatic rings. The molecular weight excluding hydrogens is 462 g/mol. The fourth-order valence-electron chi connectivity index (χ4n) is 7.20. The van der Waals surface area contributed by atoms with Crippen molar-refractivity contribution in [3.05, 3.63) is 54.0 Å². The van der Waals surface area contributed by atoms with Gasteiger partial charge in [0.2, 0.25) is 0 Å². The molecule has 1 aromatic carbocycles. The van der Waals surface area contributed by atoms with Gasteiger partial charge < -0.3 is 20.9 Å². The molecule has 0 unspecified atom stereocenters. The largest absolute Gasteiger partial charge is 0.397 e. The number of pyridine rings is 1. The van der Waals surface area contributed by atoms with Gasteiger partial charge in [0.1, 0.15) is 35.4 Å². The van der Waals surface area contributed by atoms with Crippen molar-refractivity contribution in [2.75, 3.05) is 16.4 Å². The Morgan fingerprint density at radius 1 is 1.14 bits per heavy atom. The highest BCUT2D eigenvalue weighted by Crippen LogP contribution is 2.56. The van der Waals surface area contributed by atoms with E-state index in [-0.39, 0.29) is 5.54 Å². The van der Waals surface area contributed by atoms with Crippen molar-refractivity contribution in [2.24, 2.45) is 24.8 Å². The van der Waals surface area contributed by atoms with Crippen molar-refractivity contribution in [3.8, 4) is 17.3 Å². The van der Waals surface area contributed by atoms with E-state index in [0.29, 0.717) is 28.7 Å². The summed E-state index contributed by atoms with van der Waals surface area (Å²) in [5.41, 5.74) is 10.0. The van der Waals surface area contributed by atoms with Crippen molar-refractivity contribution < 1.29 is 4.79 Å². The van der Waals surface area contributed by atoms with Gasteiger partial charge in [-0.15, -0.1) is 0 Å². The Balaban J connectivity index is 1.23. The number of imidazole rings is 1. The van der Waals surface area contributed by atoms with Crippen LogP contribution < -0.4 is 16.4 Å². The third-order valence-electron chi connectivity index (χ3n) is 8.38. The van der Waals surface area contributed by atoms with E-state index in [2.05, 4.69) is 21.7 Å². The summed E-state index contributed by atoms with van der Waals surface area (Å²) in [7, 11) is 1.92. The predicted octanol–water partition coefficient (Wildman–Crippen LogP) is 5.27. The van der Waals surface area contributed by atoms with E-state index in [1.165, 1.54) is 25.3 Å². The van der Waals surface area contributed by atoms with Crippen LogP contribution >= 0.6 is 0 Å². The van der Waals surface area contributed by atoms with Crippen molar-refractivity contribution in [1.82, 2.24) is 14.5 Å². The Kier molecular flexibility index (Phi) is 5.71. The topological polar surface area (TPSA) is 122 Å². The average molecular weight is 494 g/mol. The number of rotatable bonds is 7. The molecule has 3 aromatic rings. The van der Waals surface area contributed by atoms with Crippen LogP contribution in [0, 0.1) is 29.1 Å². The third kappa shape index (κ3) is 4.35. The van der Waals surface area contributed by atoms with Crippen LogP contribution in [0.3, 0.4) is 0 Å². The zero-order chi connectivity index (χ0) is 25.6. The minimum Gasteiger partial charge on any atom is -0.397 e. The molecule has 4 fully saturated rings. The Labute approximate surface area is 216 Å². The molecule has 0 spiro atoms. The molecule has 2 aromatic heterocycles. The summed E-state index contributed by atoms with van der Waals surface area (Å²) < 4.78 is 1.94. The molecule has 0 amide bonds. The van der Waals surface area contributed by atoms with Gasteiger partial charge in [-0.3, -0.25) is 4.79 Å². The second-order valence-corrected chi connectivity index (χ2v) is 11.0. The number of nitriles is 1. The summed E-state index contributed by atoms with van der Waals surface area (Å²) in [6.45, 7) is 0. The van der Waals surface area contributed by atoms with E-state index >= 15 is 0 Å². The van der Waals surface area contributed by atoms with Crippen LogP contribution in [0.25, 0.3) is 17.3 Å². The first-order valence-electron chi connectivity index (χ1n) is 12.9. The van der Waals surface area contributed by atoms with Gasteiger partial charge in [-0.1, -0.05) is 12.1 Å². The zero-order valence-corrected chi connectivity index (χ0v) is 20.9. The number of aromatic nitrogens is 3. The van der Waals surface area contributed by atoms with Gasteiger partial charge in [0.25, 0.3) is 0 Å². The maximum absolute atomic E-state index is 10.6. The van der Waals surface area contributed by atoms with Crippen LogP contribution in [0.1, 0.15) is 49.9 Å². The van der Waals surface area contributed by atoms with Crippen LogP contribution in [-0.4, -0.2) is 26.4 Å². The summed E-state index contributed by atoms with van der Waals surface area (Å²) in [6, 6.07) is 12.0. The van der Waals surface area contributed by atoms with E-state index in [1.54, 1.807) is 18.3 Å². The van der Waals surface area contributed by atoms with Crippen LogP contribution in [0.5, 0.6) is 0 Å². The Morgan fingerprint density at radius 2 is 1.81 bits per heavy atom. The fraction of sp³-hybridized carbons (Fsp3) is 0.379. The number of anilines is 4. The van der Waals surface area contributed by atoms with E-state index < -0.39 is 0 Å². The first-order valence-corrected chi connectivity index (χ1v) is 12.9. The number of nitrogens with zero attached hydrogens (tertiary/aromatic N) is 4. The molecule has 2 heterocycles. The van der Waals surface area contributed by atoms with E-state index in [0.717, 1.165) is 60.2 Å². The summed E-state index contributed by atoms with van der Waals surface area (Å²) >= 11 is 0. The van der Waals surface area contributed by atoms with Crippen molar-refractivity contribution >= 4 is 35.4 Å². The summed E-state index contributed by atoms with van der Waals surface area (Å²) in [6.07, 6.45) is 13.2. The number of hydrogen-bond donors (Lipinski definition) is 3. The molecular formula is C29H31N7O.